The van der Waals surface area contributed by atoms with Crippen LogP contribution in [0, 0.1) is 11.3 Å². The quantitative estimate of drug-likeness (QED) is 0.667. The number of nitrogens with zero attached hydrogens (tertiary/aromatic N) is 4. The molecule has 0 saturated carbocycles. The van der Waals surface area contributed by atoms with Gasteiger partial charge in [0, 0.05) is 17.3 Å². The summed E-state index contributed by atoms with van der Waals surface area (Å²) in [6, 6.07) is 20.5. The number of nitriles is 1. The number of likely N-dealkylation sites (N-methyl/N-ethyl adjacent to an activating group) is 1. The first-order valence-corrected chi connectivity index (χ1v) is 8.30. The maximum Gasteiger partial charge on any atom is 0.195 e. The first-order valence-electron chi connectivity index (χ1n) is 8.30. The molecule has 0 radical (unpaired) electrons. The molecule has 1 aliphatic heterocycles. The molecule has 0 N–H and O–H groups in total. The van der Waals surface area contributed by atoms with Crippen molar-refractivity contribution in [1.29, 1.82) is 5.26 Å². The molecule has 0 saturated heterocycles. The van der Waals surface area contributed by atoms with Crippen molar-refractivity contribution in [2.45, 2.75) is 13.1 Å². The van der Waals surface area contributed by atoms with E-state index in [1.54, 1.807) is 0 Å². The number of aliphatic imine (C=N–C) groups is 1. The predicted octanol–water partition coefficient (Wildman–Crippen LogP) is 4.04. The van der Waals surface area contributed by atoms with Gasteiger partial charge >= 0.3 is 0 Å². The van der Waals surface area contributed by atoms with Gasteiger partial charge in [-0.05, 0) is 29.7 Å². The molecule has 0 fully saturated rings. The molecule has 0 spiro atoms. The fourth-order valence-corrected chi connectivity index (χ4v) is 3.33. The van der Waals surface area contributed by atoms with Crippen molar-refractivity contribution in [2.75, 3.05) is 7.05 Å². The number of allylic oxidation sites excluding steroid dienone is 1. The molecule has 4 nitrogen and oxygen atoms in total. The third-order valence-corrected chi connectivity index (χ3v) is 4.81. The highest BCUT2D eigenvalue weighted by atomic mass is 15.4. The van der Waals surface area contributed by atoms with Crippen molar-refractivity contribution in [3.8, 4) is 6.07 Å². The Labute approximate surface area is 147 Å². The van der Waals surface area contributed by atoms with E-state index in [9.17, 15) is 0 Å². The Morgan fingerprint density at radius 3 is 2.68 bits per heavy atom. The van der Waals surface area contributed by atoms with Crippen molar-refractivity contribution in [1.82, 2.24) is 4.57 Å². The number of hydrogen-bond donors (Lipinski definition) is 0. The minimum Gasteiger partial charge on any atom is -0.338 e. The Morgan fingerprint density at radius 2 is 1.88 bits per heavy atom. The van der Waals surface area contributed by atoms with E-state index >= 15 is 0 Å². The Hall–Kier alpha value is -3.16. The zero-order chi connectivity index (χ0) is 17.3. The second-order valence-electron chi connectivity index (χ2n) is 6.62. The molecule has 1 atom stereocenters. The topological polar surface area (TPSA) is 41.1 Å². The standard InChI is InChI=1S/C21H19N4/c1-25(15-18-8-6-17(12-22)7-9-18)16-23-13-20(25)14-24-11-10-19-4-2-3-5-21(19)24/h2-11,13,16H,14-15H2,1H3/q+1. The Morgan fingerprint density at radius 1 is 1.08 bits per heavy atom. The molecule has 1 aromatic heterocycles. The van der Waals surface area contributed by atoms with Gasteiger partial charge in [-0.3, -0.25) is 0 Å². The summed E-state index contributed by atoms with van der Waals surface area (Å²) >= 11 is 0. The van der Waals surface area contributed by atoms with E-state index in [4.69, 9.17) is 5.26 Å². The highest BCUT2D eigenvalue weighted by Gasteiger charge is 2.30. The lowest BCUT2D eigenvalue weighted by Crippen LogP contribution is -2.40. The van der Waals surface area contributed by atoms with Crippen LogP contribution in [0.1, 0.15) is 11.1 Å². The normalized spacial score (nSPS) is 19.1. The van der Waals surface area contributed by atoms with E-state index in [0.29, 0.717) is 10.0 Å². The van der Waals surface area contributed by atoms with Gasteiger partial charge in [-0.15, -0.1) is 0 Å². The average molecular weight is 327 g/mol. The molecule has 0 bridgehead atoms. The maximum atomic E-state index is 8.95. The molecular formula is C21H19N4+. The minimum atomic E-state index is 0.651. The van der Waals surface area contributed by atoms with Crippen molar-refractivity contribution in [2.24, 2.45) is 4.99 Å². The number of fused-ring (bicyclic) bond motifs is 1. The van der Waals surface area contributed by atoms with Gasteiger partial charge in [0.25, 0.3) is 0 Å². The first kappa shape index (κ1) is 15.4. The van der Waals surface area contributed by atoms with Crippen LogP contribution in [-0.2, 0) is 13.1 Å². The molecule has 122 valence electrons. The molecule has 1 unspecified atom stereocenters. The van der Waals surface area contributed by atoms with Crippen LogP contribution in [-0.4, -0.2) is 22.4 Å². The number of benzene rings is 2. The Balaban J connectivity index is 1.58. The minimum absolute atomic E-state index is 0.651. The van der Waals surface area contributed by atoms with Gasteiger partial charge in [-0.25, -0.2) is 9.48 Å². The Kier molecular flexibility index (Phi) is 3.72. The van der Waals surface area contributed by atoms with Crippen LogP contribution in [0.15, 0.2) is 77.7 Å². The van der Waals surface area contributed by atoms with E-state index in [-0.39, 0.29) is 0 Å². The highest BCUT2D eigenvalue weighted by Crippen LogP contribution is 2.26. The molecule has 2 aromatic carbocycles. The molecular weight excluding hydrogens is 308 g/mol. The SMILES string of the molecule is C[N+]1(Cc2ccc(C#N)cc2)C=NC=C1Cn1ccc2ccccc21. The average Bonchev–Trinajstić information content (AvgIpc) is 3.20. The summed E-state index contributed by atoms with van der Waals surface area (Å²) < 4.78 is 2.92. The highest BCUT2D eigenvalue weighted by molar-refractivity contribution is 5.80. The first-order chi connectivity index (χ1) is 12.2. The summed E-state index contributed by atoms with van der Waals surface area (Å²) in [6.07, 6.45) is 6.09. The summed E-state index contributed by atoms with van der Waals surface area (Å²) in [6.45, 7) is 1.63. The lowest BCUT2D eigenvalue weighted by Gasteiger charge is -2.28. The zero-order valence-corrected chi connectivity index (χ0v) is 14.1. The van der Waals surface area contributed by atoms with Crippen molar-refractivity contribution >= 4 is 17.2 Å². The van der Waals surface area contributed by atoms with Crippen LogP contribution in [0.4, 0.5) is 0 Å². The number of quaternary nitrogens is 1. The van der Waals surface area contributed by atoms with Crippen LogP contribution in [0.3, 0.4) is 0 Å². The summed E-state index contributed by atoms with van der Waals surface area (Å²) in [7, 11) is 2.17. The van der Waals surface area contributed by atoms with Crippen molar-refractivity contribution in [3.05, 3.63) is 83.8 Å². The predicted molar refractivity (Wildman–Crippen MR) is 99.6 cm³/mol. The molecule has 2 heterocycles. The fraction of sp³-hybridized carbons (Fsp3) is 0.143. The van der Waals surface area contributed by atoms with Crippen molar-refractivity contribution in [3.63, 3.8) is 0 Å². The van der Waals surface area contributed by atoms with Crippen LogP contribution < -0.4 is 0 Å². The van der Waals surface area contributed by atoms with E-state index in [1.807, 2.05) is 36.8 Å². The number of para-hydroxylation sites is 1. The smallest absolute Gasteiger partial charge is 0.195 e. The summed E-state index contributed by atoms with van der Waals surface area (Å²) in [5.74, 6) is 0. The van der Waals surface area contributed by atoms with E-state index in [2.05, 4.69) is 59.2 Å². The van der Waals surface area contributed by atoms with E-state index < -0.39 is 0 Å². The number of aromatic nitrogens is 1. The van der Waals surface area contributed by atoms with Crippen LogP contribution in [0.25, 0.3) is 10.9 Å². The monoisotopic (exact) mass is 327 g/mol. The second-order valence-corrected chi connectivity index (χ2v) is 6.62. The maximum absolute atomic E-state index is 8.95. The molecule has 4 heteroatoms. The summed E-state index contributed by atoms with van der Waals surface area (Å²) in [4.78, 5) is 4.43. The number of hydrogen-bond acceptors (Lipinski definition) is 2. The van der Waals surface area contributed by atoms with Crippen LogP contribution in [0.2, 0.25) is 0 Å². The molecule has 1 aliphatic rings. The van der Waals surface area contributed by atoms with Gasteiger partial charge in [-0.2, -0.15) is 5.26 Å². The largest absolute Gasteiger partial charge is 0.338 e. The van der Waals surface area contributed by atoms with Crippen LogP contribution in [0.5, 0.6) is 0 Å². The molecule has 0 aliphatic carbocycles. The van der Waals surface area contributed by atoms with Gasteiger partial charge in [-0.1, -0.05) is 30.3 Å². The van der Waals surface area contributed by atoms with E-state index in [0.717, 1.165) is 13.1 Å². The van der Waals surface area contributed by atoms with Gasteiger partial charge in [0.1, 0.15) is 6.54 Å². The lowest BCUT2D eigenvalue weighted by molar-refractivity contribution is -0.787. The van der Waals surface area contributed by atoms with Gasteiger partial charge in [0.2, 0.25) is 0 Å². The second kappa shape index (κ2) is 6.04. The lowest BCUT2D eigenvalue weighted by atomic mass is 10.1. The molecule has 3 aromatic rings. The zero-order valence-electron chi connectivity index (χ0n) is 14.1. The van der Waals surface area contributed by atoms with Crippen molar-refractivity contribution < 1.29 is 4.48 Å². The fourth-order valence-electron chi connectivity index (χ4n) is 3.33. The number of rotatable bonds is 4. The summed E-state index contributed by atoms with van der Waals surface area (Å²) in [5, 5.41) is 10.2. The van der Waals surface area contributed by atoms with Gasteiger partial charge in [0.05, 0.1) is 31.4 Å². The van der Waals surface area contributed by atoms with Gasteiger partial charge < -0.3 is 4.57 Å². The van der Waals surface area contributed by atoms with Crippen LogP contribution >= 0.6 is 0 Å². The third-order valence-electron chi connectivity index (χ3n) is 4.81. The molecule has 4 rings (SSSR count). The van der Waals surface area contributed by atoms with Gasteiger partial charge in [0.15, 0.2) is 12.0 Å². The molecule has 0 amide bonds. The molecule has 25 heavy (non-hydrogen) atoms. The Bertz CT molecular complexity index is 1020. The van der Waals surface area contributed by atoms with E-state index in [1.165, 1.54) is 22.2 Å². The third kappa shape index (κ3) is 2.86. The summed E-state index contributed by atoms with van der Waals surface area (Å²) in [5.41, 5.74) is 4.36.